The van der Waals surface area contributed by atoms with E-state index in [-0.39, 0.29) is 35.6 Å². The third kappa shape index (κ3) is 7.40. The maximum Gasteiger partial charge on any atom is 0.254 e. The summed E-state index contributed by atoms with van der Waals surface area (Å²) in [5.41, 5.74) is 4.93. The van der Waals surface area contributed by atoms with Gasteiger partial charge in [-0.25, -0.2) is 0 Å². The van der Waals surface area contributed by atoms with Crippen molar-refractivity contribution in [2.45, 2.75) is 57.0 Å². The third-order valence-corrected chi connectivity index (χ3v) is 9.56. The molecule has 3 fully saturated rings. The number of rotatable bonds is 9. The van der Waals surface area contributed by atoms with Crippen LogP contribution in [0.3, 0.4) is 0 Å². The highest BCUT2D eigenvalue weighted by molar-refractivity contribution is 6.02. The summed E-state index contributed by atoms with van der Waals surface area (Å²) in [5, 5.41) is 5.98. The van der Waals surface area contributed by atoms with Gasteiger partial charge in [0.15, 0.2) is 0 Å². The lowest BCUT2D eigenvalue weighted by Gasteiger charge is -2.32. The Morgan fingerprint density at radius 1 is 0.638 bits per heavy atom. The molecule has 2 aliphatic heterocycles. The Labute approximate surface area is 276 Å². The van der Waals surface area contributed by atoms with Crippen molar-refractivity contribution in [3.8, 4) is 0 Å². The lowest BCUT2D eigenvalue weighted by molar-refractivity contribution is -0.142. The molecule has 0 radical (unpaired) electrons. The molecule has 2 N–H and O–H groups in total. The summed E-state index contributed by atoms with van der Waals surface area (Å²) in [7, 11) is 3.91. The molecule has 9 nitrogen and oxygen atoms in total. The molecule has 6 rings (SSSR count). The van der Waals surface area contributed by atoms with E-state index in [9.17, 15) is 19.2 Å². The van der Waals surface area contributed by atoms with Gasteiger partial charge in [0.05, 0.1) is 0 Å². The van der Waals surface area contributed by atoms with Gasteiger partial charge in [-0.1, -0.05) is 42.8 Å². The number of amides is 4. The van der Waals surface area contributed by atoms with E-state index >= 15 is 0 Å². The highest BCUT2D eigenvalue weighted by Gasteiger charge is 2.39. The fourth-order valence-corrected chi connectivity index (χ4v) is 6.54. The number of hydrogen-bond donors (Lipinski definition) is 2. The molecule has 1 aliphatic carbocycles. The smallest absolute Gasteiger partial charge is 0.254 e. The van der Waals surface area contributed by atoms with Gasteiger partial charge in [0.2, 0.25) is 17.7 Å². The average molecular weight is 634 g/mol. The number of carbonyl (C=O) groups excluding carboxylic acids is 4. The number of benzene rings is 3. The van der Waals surface area contributed by atoms with Crippen LogP contribution in [0, 0.1) is 5.92 Å². The second-order valence-corrected chi connectivity index (χ2v) is 13.0. The van der Waals surface area contributed by atoms with Gasteiger partial charge in [-0.05, 0) is 98.2 Å². The molecule has 9 heteroatoms. The minimum Gasteiger partial charge on any atom is -0.378 e. The summed E-state index contributed by atoms with van der Waals surface area (Å²) in [6.45, 7) is 1.22. The summed E-state index contributed by atoms with van der Waals surface area (Å²) in [6.07, 6.45) is 9.95. The Morgan fingerprint density at radius 3 is 1.60 bits per heavy atom. The van der Waals surface area contributed by atoms with E-state index in [1.54, 1.807) is 9.80 Å². The fourth-order valence-electron chi connectivity index (χ4n) is 6.54. The van der Waals surface area contributed by atoms with Gasteiger partial charge >= 0.3 is 0 Å². The average Bonchev–Trinajstić information content (AvgIpc) is 3.75. The molecule has 0 bridgehead atoms. The monoisotopic (exact) mass is 633 g/mol. The van der Waals surface area contributed by atoms with Crippen molar-refractivity contribution in [3.63, 3.8) is 0 Å². The van der Waals surface area contributed by atoms with Gasteiger partial charge in [0.25, 0.3) is 5.91 Å². The van der Waals surface area contributed by atoms with E-state index in [1.807, 2.05) is 104 Å². The van der Waals surface area contributed by atoms with Crippen LogP contribution in [0.5, 0.6) is 0 Å². The first-order valence-corrected chi connectivity index (χ1v) is 16.7. The number of hydrogen-bond acceptors (Lipinski definition) is 5. The second-order valence-electron chi connectivity index (χ2n) is 13.0. The van der Waals surface area contributed by atoms with Crippen molar-refractivity contribution in [3.05, 3.63) is 89.5 Å². The molecular weight excluding hydrogens is 590 g/mol. The topological polar surface area (TPSA) is 102 Å². The molecule has 4 amide bonds. The van der Waals surface area contributed by atoms with Crippen molar-refractivity contribution >= 4 is 52.8 Å². The molecular formula is C38H43N5O4. The standard InChI is InChI=1S/C38H43N5O4/c1-41(2)32-22-16-29(17-23-32)38(47)43-25-5-9-34(43)36(45)40-31-20-14-27(15-21-31)11-10-26-12-18-30(19-13-26)39-35(44)33-8-4-24-42(33)37(46)28-6-3-7-28/h10-23,28,33-34H,3-9,24-25H2,1-2H3,(H,39,44)(H,40,45)/b11-10+/t33-,34-/m0/s1. The van der Waals surface area contributed by atoms with E-state index in [4.69, 9.17) is 0 Å². The first-order valence-electron chi connectivity index (χ1n) is 16.7. The number of anilines is 3. The van der Waals surface area contributed by atoms with Gasteiger partial charge in [0, 0.05) is 55.7 Å². The van der Waals surface area contributed by atoms with Gasteiger partial charge in [-0.3, -0.25) is 19.2 Å². The zero-order valence-electron chi connectivity index (χ0n) is 27.2. The van der Waals surface area contributed by atoms with Gasteiger partial charge in [0.1, 0.15) is 12.1 Å². The van der Waals surface area contributed by atoms with Crippen molar-refractivity contribution < 1.29 is 19.2 Å². The van der Waals surface area contributed by atoms with E-state index in [0.29, 0.717) is 42.9 Å². The molecule has 2 heterocycles. The molecule has 244 valence electrons. The van der Waals surface area contributed by atoms with Crippen LogP contribution in [0.2, 0.25) is 0 Å². The van der Waals surface area contributed by atoms with Crippen molar-refractivity contribution in [1.82, 2.24) is 9.80 Å². The summed E-state index contributed by atoms with van der Waals surface area (Å²) in [4.78, 5) is 57.6. The molecule has 47 heavy (non-hydrogen) atoms. The largest absolute Gasteiger partial charge is 0.378 e. The maximum absolute atomic E-state index is 13.2. The normalized spacial score (nSPS) is 19.4. The van der Waals surface area contributed by atoms with Crippen LogP contribution in [0.25, 0.3) is 12.2 Å². The second kappa shape index (κ2) is 14.2. The zero-order valence-corrected chi connectivity index (χ0v) is 27.2. The maximum atomic E-state index is 13.2. The minimum atomic E-state index is -0.504. The summed E-state index contributed by atoms with van der Waals surface area (Å²) >= 11 is 0. The summed E-state index contributed by atoms with van der Waals surface area (Å²) < 4.78 is 0. The third-order valence-electron chi connectivity index (χ3n) is 9.56. The van der Waals surface area contributed by atoms with E-state index in [1.165, 1.54) is 0 Å². The number of nitrogens with one attached hydrogen (secondary N) is 2. The Morgan fingerprint density at radius 2 is 1.13 bits per heavy atom. The van der Waals surface area contributed by atoms with Gasteiger partial charge in [-0.2, -0.15) is 0 Å². The van der Waals surface area contributed by atoms with Gasteiger partial charge < -0.3 is 25.3 Å². The van der Waals surface area contributed by atoms with Crippen LogP contribution in [0.4, 0.5) is 17.1 Å². The molecule has 3 aliphatic rings. The molecule has 2 saturated heterocycles. The van der Waals surface area contributed by atoms with Gasteiger partial charge in [-0.15, -0.1) is 0 Å². The van der Waals surface area contributed by atoms with Crippen LogP contribution in [-0.2, 0) is 14.4 Å². The van der Waals surface area contributed by atoms with Crippen LogP contribution in [0.15, 0.2) is 72.8 Å². The Kier molecular flexibility index (Phi) is 9.71. The molecule has 3 aromatic carbocycles. The Balaban J connectivity index is 1.000. The number of carbonyl (C=O) groups is 4. The molecule has 3 aromatic rings. The predicted molar refractivity (Wildman–Crippen MR) is 186 cm³/mol. The zero-order chi connectivity index (χ0) is 32.9. The highest BCUT2D eigenvalue weighted by atomic mass is 16.2. The lowest BCUT2D eigenvalue weighted by atomic mass is 9.84. The molecule has 0 aromatic heterocycles. The predicted octanol–water partition coefficient (Wildman–Crippen LogP) is 5.90. The fraction of sp³-hybridized carbons (Fsp3) is 0.368. The SMILES string of the molecule is CN(C)c1ccc(C(=O)N2CCC[C@H]2C(=O)Nc2ccc(/C=C/c3ccc(NC(=O)[C@@H]4CCCN4C(=O)C4CCC4)cc3)cc2)cc1. The van der Waals surface area contributed by atoms with Crippen LogP contribution >= 0.6 is 0 Å². The molecule has 0 spiro atoms. The lowest BCUT2D eigenvalue weighted by Crippen LogP contribution is -2.46. The molecule has 2 atom stereocenters. The first-order chi connectivity index (χ1) is 22.8. The molecule has 0 unspecified atom stereocenters. The van der Waals surface area contributed by atoms with E-state index < -0.39 is 6.04 Å². The van der Waals surface area contributed by atoms with Crippen LogP contribution in [0.1, 0.15) is 66.4 Å². The van der Waals surface area contributed by atoms with E-state index in [0.717, 1.165) is 48.9 Å². The highest BCUT2D eigenvalue weighted by Crippen LogP contribution is 2.31. The van der Waals surface area contributed by atoms with E-state index in [2.05, 4.69) is 10.6 Å². The van der Waals surface area contributed by atoms with Crippen LogP contribution in [-0.4, -0.2) is 72.7 Å². The Hall–Kier alpha value is -4.92. The Bertz CT molecular complexity index is 1630. The van der Waals surface area contributed by atoms with Crippen molar-refractivity contribution in [2.75, 3.05) is 42.7 Å². The quantitative estimate of drug-likeness (QED) is 0.286. The van der Waals surface area contributed by atoms with Crippen molar-refractivity contribution in [1.29, 1.82) is 0 Å². The minimum absolute atomic E-state index is 0.0990. The first kappa shape index (κ1) is 32.0. The van der Waals surface area contributed by atoms with Crippen molar-refractivity contribution in [2.24, 2.45) is 5.92 Å². The summed E-state index contributed by atoms with van der Waals surface area (Å²) in [5.74, 6) is -0.184. The van der Waals surface area contributed by atoms with Crippen LogP contribution < -0.4 is 15.5 Å². The number of nitrogens with zero attached hydrogens (tertiary/aromatic N) is 3. The molecule has 1 saturated carbocycles. The summed E-state index contributed by atoms with van der Waals surface area (Å²) in [6, 6.07) is 21.8. The number of likely N-dealkylation sites (tertiary alicyclic amines) is 2.